The van der Waals surface area contributed by atoms with Gasteiger partial charge in [-0.25, -0.2) is 0 Å². The minimum Gasteiger partial charge on any atom is -0.393 e. The standard InChI is InChI=1S/C22H43N5O2/c1-4-18(5-2)21(29)27-16-8-19(9-17-27)25-22(23-6-3)24-12-7-13-26-14-10-20(28)11-15-26/h18-20,28H,4-17H2,1-3H3,(H2,23,24,25). The van der Waals surface area contributed by atoms with Gasteiger partial charge in [0, 0.05) is 51.2 Å². The lowest BCUT2D eigenvalue weighted by Gasteiger charge is -2.35. The van der Waals surface area contributed by atoms with E-state index in [1.54, 1.807) is 0 Å². The number of hydrogen-bond donors (Lipinski definition) is 3. The monoisotopic (exact) mass is 409 g/mol. The Hall–Kier alpha value is -1.34. The third-order valence-electron chi connectivity index (χ3n) is 6.29. The van der Waals surface area contributed by atoms with Crippen molar-refractivity contribution in [1.82, 2.24) is 20.4 Å². The first-order valence-corrected chi connectivity index (χ1v) is 11.8. The zero-order valence-corrected chi connectivity index (χ0v) is 18.8. The van der Waals surface area contributed by atoms with Gasteiger partial charge in [0.2, 0.25) is 5.91 Å². The average molecular weight is 410 g/mol. The number of piperidine rings is 2. The van der Waals surface area contributed by atoms with Crippen LogP contribution in [0.1, 0.15) is 65.7 Å². The van der Waals surface area contributed by atoms with Gasteiger partial charge in [0.1, 0.15) is 0 Å². The number of likely N-dealkylation sites (tertiary alicyclic amines) is 2. The number of aliphatic hydroxyl groups excluding tert-OH is 1. The predicted molar refractivity (Wildman–Crippen MR) is 119 cm³/mol. The fourth-order valence-corrected chi connectivity index (χ4v) is 4.28. The van der Waals surface area contributed by atoms with Crippen LogP contribution < -0.4 is 10.6 Å². The van der Waals surface area contributed by atoms with Crippen molar-refractivity contribution in [3.05, 3.63) is 0 Å². The first-order chi connectivity index (χ1) is 14.1. The molecule has 0 radical (unpaired) electrons. The smallest absolute Gasteiger partial charge is 0.225 e. The Kier molecular flexibility index (Phi) is 10.8. The second-order valence-electron chi connectivity index (χ2n) is 8.44. The normalized spacial score (nSPS) is 20.3. The van der Waals surface area contributed by atoms with E-state index < -0.39 is 0 Å². The molecule has 2 saturated heterocycles. The van der Waals surface area contributed by atoms with E-state index in [-0.39, 0.29) is 12.0 Å². The Morgan fingerprint density at radius 1 is 1.07 bits per heavy atom. The van der Waals surface area contributed by atoms with E-state index in [0.717, 1.165) is 96.7 Å². The summed E-state index contributed by atoms with van der Waals surface area (Å²) in [7, 11) is 0. The summed E-state index contributed by atoms with van der Waals surface area (Å²) in [6, 6.07) is 0.377. The quantitative estimate of drug-likeness (QED) is 0.307. The number of hydrogen-bond acceptors (Lipinski definition) is 4. The van der Waals surface area contributed by atoms with E-state index in [9.17, 15) is 9.90 Å². The Morgan fingerprint density at radius 3 is 2.31 bits per heavy atom. The van der Waals surface area contributed by atoms with Crippen LogP contribution in [0.15, 0.2) is 4.99 Å². The number of nitrogens with zero attached hydrogens (tertiary/aromatic N) is 3. The molecule has 29 heavy (non-hydrogen) atoms. The molecule has 0 spiro atoms. The summed E-state index contributed by atoms with van der Waals surface area (Å²) in [5, 5.41) is 16.5. The maximum Gasteiger partial charge on any atom is 0.225 e. The van der Waals surface area contributed by atoms with Crippen molar-refractivity contribution in [2.45, 2.75) is 77.9 Å². The van der Waals surface area contributed by atoms with Crippen LogP contribution in [-0.4, -0.2) is 84.7 Å². The molecule has 2 aliphatic heterocycles. The number of carbonyl (C=O) groups is 1. The maximum absolute atomic E-state index is 12.6. The highest BCUT2D eigenvalue weighted by Gasteiger charge is 2.26. The van der Waals surface area contributed by atoms with E-state index in [1.165, 1.54) is 0 Å². The van der Waals surface area contributed by atoms with E-state index in [4.69, 9.17) is 4.99 Å². The molecule has 1 amide bonds. The Balaban J connectivity index is 1.71. The summed E-state index contributed by atoms with van der Waals surface area (Å²) >= 11 is 0. The summed E-state index contributed by atoms with van der Waals surface area (Å²) in [6.45, 7) is 12.7. The topological polar surface area (TPSA) is 80.2 Å². The SMILES string of the molecule is CCNC(=NCCCN1CCC(O)CC1)NC1CCN(C(=O)C(CC)CC)CC1. The lowest BCUT2D eigenvalue weighted by Crippen LogP contribution is -2.50. The molecule has 2 rings (SSSR count). The second-order valence-corrected chi connectivity index (χ2v) is 8.44. The molecule has 0 aromatic heterocycles. The number of aliphatic hydroxyl groups is 1. The Morgan fingerprint density at radius 2 is 1.72 bits per heavy atom. The molecule has 2 fully saturated rings. The van der Waals surface area contributed by atoms with Gasteiger partial charge in [0.05, 0.1) is 6.10 Å². The van der Waals surface area contributed by atoms with Gasteiger partial charge >= 0.3 is 0 Å². The lowest BCUT2D eigenvalue weighted by molar-refractivity contribution is -0.136. The molecular formula is C22H43N5O2. The van der Waals surface area contributed by atoms with Gasteiger partial charge in [0.25, 0.3) is 0 Å². The molecule has 7 nitrogen and oxygen atoms in total. The highest BCUT2D eigenvalue weighted by Crippen LogP contribution is 2.17. The maximum atomic E-state index is 12.6. The number of nitrogens with one attached hydrogen (secondary N) is 2. The van der Waals surface area contributed by atoms with Crippen molar-refractivity contribution in [3.8, 4) is 0 Å². The van der Waals surface area contributed by atoms with E-state index in [2.05, 4.69) is 41.2 Å². The zero-order chi connectivity index (χ0) is 21.1. The van der Waals surface area contributed by atoms with E-state index >= 15 is 0 Å². The first kappa shape index (κ1) is 23.9. The van der Waals surface area contributed by atoms with Crippen LogP contribution in [0.2, 0.25) is 0 Å². The van der Waals surface area contributed by atoms with E-state index in [1.807, 2.05) is 0 Å². The van der Waals surface area contributed by atoms with Crippen LogP contribution in [0.25, 0.3) is 0 Å². The van der Waals surface area contributed by atoms with Crippen molar-refractivity contribution in [3.63, 3.8) is 0 Å². The van der Waals surface area contributed by atoms with Crippen LogP contribution in [0.4, 0.5) is 0 Å². The Labute approximate surface area is 177 Å². The van der Waals surface area contributed by atoms with Gasteiger partial charge in [-0.2, -0.15) is 0 Å². The molecule has 0 aromatic rings. The number of rotatable bonds is 9. The van der Waals surface area contributed by atoms with Crippen molar-refractivity contribution in [2.75, 3.05) is 45.8 Å². The third-order valence-corrected chi connectivity index (χ3v) is 6.29. The van der Waals surface area contributed by atoms with Crippen molar-refractivity contribution < 1.29 is 9.90 Å². The third kappa shape index (κ3) is 8.13. The lowest BCUT2D eigenvalue weighted by atomic mass is 9.98. The molecule has 168 valence electrons. The van der Waals surface area contributed by atoms with Gasteiger partial charge in [0.15, 0.2) is 5.96 Å². The molecule has 2 heterocycles. The summed E-state index contributed by atoms with van der Waals surface area (Å²) in [6.07, 6.45) is 6.54. The molecule has 0 atom stereocenters. The van der Waals surface area contributed by atoms with Crippen molar-refractivity contribution in [2.24, 2.45) is 10.9 Å². The zero-order valence-electron chi connectivity index (χ0n) is 18.8. The van der Waals surface area contributed by atoms with Gasteiger partial charge in [-0.15, -0.1) is 0 Å². The minimum absolute atomic E-state index is 0.106. The number of amides is 1. The summed E-state index contributed by atoms with van der Waals surface area (Å²) < 4.78 is 0. The summed E-state index contributed by atoms with van der Waals surface area (Å²) in [5.41, 5.74) is 0. The fraction of sp³-hybridized carbons (Fsp3) is 0.909. The van der Waals surface area contributed by atoms with Crippen LogP contribution in [-0.2, 0) is 4.79 Å². The van der Waals surface area contributed by atoms with Gasteiger partial charge < -0.3 is 25.5 Å². The van der Waals surface area contributed by atoms with Gasteiger partial charge in [-0.05, 0) is 58.4 Å². The second kappa shape index (κ2) is 13.1. The molecule has 0 aliphatic carbocycles. The minimum atomic E-state index is -0.106. The van der Waals surface area contributed by atoms with Crippen molar-refractivity contribution >= 4 is 11.9 Å². The molecule has 0 saturated carbocycles. The fourth-order valence-electron chi connectivity index (χ4n) is 4.28. The molecule has 7 heteroatoms. The average Bonchev–Trinajstić information content (AvgIpc) is 2.74. The summed E-state index contributed by atoms with van der Waals surface area (Å²) in [5.74, 6) is 1.41. The largest absolute Gasteiger partial charge is 0.393 e. The molecule has 3 N–H and O–H groups in total. The highest BCUT2D eigenvalue weighted by molar-refractivity contribution is 5.80. The molecule has 0 aromatic carbocycles. The van der Waals surface area contributed by atoms with Crippen LogP contribution in [0.3, 0.4) is 0 Å². The van der Waals surface area contributed by atoms with Crippen LogP contribution in [0.5, 0.6) is 0 Å². The highest BCUT2D eigenvalue weighted by atomic mass is 16.3. The van der Waals surface area contributed by atoms with Crippen LogP contribution in [0, 0.1) is 5.92 Å². The number of guanidine groups is 1. The van der Waals surface area contributed by atoms with Gasteiger partial charge in [-0.1, -0.05) is 13.8 Å². The van der Waals surface area contributed by atoms with Crippen LogP contribution >= 0.6 is 0 Å². The number of carbonyl (C=O) groups excluding carboxylic acids is 1. The molecule has 0 unspecified atom stereocenters. The van der Waals surface area contributed by atoms with E-state index in [0.29, 0.717) is 11.9 Å². The molecule has 0 bridgehead atoms. The Bertz CT molecular complexity index is 493. The number of aliphatic imine (C=N–C) groups is 1. The molecule has 2 aliphatic rings. The van der Waals surface area contributed by atoms with Gasteiger partial charge in [-0.3, -0.25) is 9.79 Å². The first-order valence-electron chi connectivity index (χ1n) is 11.8. The molecular weight excluding hydrogens is 366 g/mol. The predicted octanol–water partition coefficient (Wildman–Crippen LogP) is 1.82. The van der Waals surface area contributed by atoms with Crippen molar-refractivity contribution in [1.29, 1.82) is 0 Å². The summed E-state index contributed by atoms with van der Waals surface area (Å²) in [4.78, 5) is 21.8.